The minimum Gasteiger partial charge on any atom is -0.491 e. The van der Waals surface area contributed by atoms with E-state index in [-0.39, 0.29) is 12.5 Å². The van der Waals surface area contributed by atoms with Crippen molar-refractivity contribution in [2.24, 2.45) is 0 Å². The summed E-state index contributed by atoms with van der Waals surface area (Å²) in [4.78, 5) is 16.1. The molecule has 0 radical (unpaired) electrons. The zero-order chi connectivity index (χ0) is 21.1. The number of rotatable bonds is 6. The SMILES string of the molecule is C[C@H]1CN(c2ccc(Cl)cc2)CCN1C[C@H](O)COc1ccc2c(c1)CCC(=O)N2. The van der Waals surface area contributed by atoms with Crippen LogP contribution < -0.4 is 15.0 Å². The molecule has 0 unspecified atom stereocenters. The summed E-state index contributed by atoms with van der Waals surface area (Å²) in [5.74, 6) is 0.779. The van der Waals surface area contributed by atoms with Gasteiger partial charge in [0, 0.05) is 55.0 Å². The first-order chi connectivity index (χ1) is 14.5. The molecule has 0 aliphatic carbocycles. The maximum absolute atomic E-state index is 11.5. The quantitative estimate of drug-likeness (QED) is 0.738. The Balaban J connectivity index is 1.26. The minimum absolute atomic E-state index is 0.0527. The van der Waals surface area contributed by atoms with Gasteiger partial charge in [-0.15, -0.1) is 0 Å². The Bertz CT molecular complexity index is 890. The molecule has 4 rings (SSSR count). The molecular weight excluding hydrogens is 402 g/mol. The summed E-state index contributed by atoms with van der Waals surface area (Å²) in [5, 5.41) is 14.1. The van der Waals surface area contributed by atoms with E-state index in [0.29, 0.717) is 19.0 Å². The van der Waals surface area contributed by atoms with Gasteiger partial charge in [0.05, 0.1) is 0 Å². The number of nitrogens with zero attached hydrogens (tertiary/aromatic N) is 2. The number of benzene rings is 2. The Labute approximate surface area is 182 Å². The second-order valence-corrected chi connectivity index (χ2v) is 8.53. The third-order valence-corrected chi connectivity index (χ3v) is 6.07. The number of aliphatic hydroxyl groups excluding tert-OH is 1. The smallest absolute Gasteiger partial charge is 0.224 e. The molecule has 1 fully saturated rings. The summed E-state index contributed by atoms with van der Waals surface area (Å²) in [5.41, 5.74) is 3.11. The highest BCUT2D eigenvalue weighted by atomic mass is 35.5. The van der Waals surface area contributed by atoms with Crippen molar-refractivity contribution in [1.29, 1.82) is 0 Å². The molecule has 2 aliphatic rings. The van der Waals surface area contributed by atoms with Crippen molar-refractivity contribution in [1.82, 2.24) is 4.90 Å². The van der Waals surface area contributed by atoms with Crippen LogP contribution in [0.1, 0.15) is 18.9 Å². The Morgan fingerprint density at radius 3 is 2.77 bits per heavy atom. The van der Waals surface area contributed by atoms with E-state index in [1.165, 1.54) is 5.69 Å². The predicted octanol–water partition coefficient (Wildman–Crippen LogP) is 3.18. The van der Waals surface area contributed by atoms with Crippen LogP contribution in [0.3, 0.4) is 0 Å². The number of hydrogen-bond acceptors (Lipinski definition) is 5. The molecule has 0 bridgehead atoms. The second-order valence-electron chi connectivity index (χ2n) is 8.10. The predicted molar refractivity (Wildman–Crippen MR) is 120 cm³/mol. The normalized spacial score (nSPS) is 20.4. The molecule has 1 amide bonds. The summed E-state index contributed by atoms with van der Waals surface area (Å²) in [6, 6.07) is 13.9. The van der Waals surface area contributed by atoms with Crippen LogP contribution in [-0.2, 0) is 11.2 Å². The molecule has 2 aliphatic heterocycles. The van der Waals surface area contributed by atoms with E-state index in [0.717, 1.165) is 48.1 Å². The third kappa shape index (κ3) is 5.06. The summed E-state index contributed by atoms with van der Waals surface area (Å²) < 4.78 is 5.83. The first kappa shape index (κ1) is 21.0. The molecule has 0 spiro atoms. The Kier molecular flexibility index (Phi) is 6.46. The van der Waals surface area contributed by atoms with E-state index in [1.54, 1.807) is 0 Å². The second kappa shape index (κ2) is 9.25. The highest BCUT2D eigenvalue weighted by Gasteiger charge is 2.26. The van der Waals surface area contributed by atoms with Gasteiger partial charge >= 0.3 is 0 Å². The number of nitrogens with one attached hydrogen (secondary N) is 1. The van der Waals surface area contributed by atoms with Crippen LogP contribution in [0.15, 0.2) is 42.5 Å². The number of β-amino-alcohol motifs (C(OH)–C–C–N with tert-alkyl or cyclic N) is 1. The van der Waals surface area contributed by atoms with Gasteiger partial charge in [-0.05, 0) is 61.4 Å². The highest BCUT2D eigenvalue weighted by Crippen LogP contribution is 2.27. The van der Waals surface area contributed by atoms with E-state index in [9.17, 15) is 9.90 Å². The first-order valence-electron chi connectivity index (χ1n) is 10.5. The molecule has 2 N–H and O–H groups in total. The summed E-state index contributed by atoms with van der Waals surface area (Å²) >= 11 is 5.99. The van der Waals surface area contributed by atoms with Crippen molar-refractivity contribution < 1.29 is 14.6 Å². The topological polar surface area (TPSA) is 65.0 Å². The van der Waals surface area contributed by atoms with Crippen LogP contribution in [-0.4, -0.2) is 60.8 Å². The van der Waals surface area contributed by atoms with Gasteiger partial charge in [-0.2, -0.15) is 0 Å². The van der Waals surface area contributed by atoms with Crippen molar-refractivity contribution in [3.05, 3.63) is 53.1 Å². The molecular formula is C23H28ClN3O3. The van der Waals surface area contributed by atoms with Gasteiger partial charge < -0.3 is 20.1 Å². The van der Waals surface area contributed by atoms with Crippen LogP contribution in [0.5, 0.6) is 5.75 Å². The fourth-order valence-corrected chi connectivity index (χ4v) is 4.24. The van der Waals surface area contributed by atoms with Crippen molar-refractivity contribution >= 4 is 28.9 Å². The third-order valence-electron chi connectivity index (χ3n) is 5.82. The number of piperazine rings is 1. The lowest BCUT2D eigenvalue weighted by Crippen LogP contribution is -2.54. The van der Waals surface area contributed by atoms with E-state index < -0.39 is 6.10 Å². The van der Waals surface area contributed by atoms with Gasteiger partial charge in [-0.25, -0.2) is 0 Å². The first-order valence-corrected chi connectivity index (χ1v) is 10.8. The minimum atomic E-state index is -0.565. The number of halogens is 1. The monoisotopic (exact) mass is 429 g/mol. The molecule has 30 heavy (non-hydrogen) atoms. The van der Waals surface area contributed by atoms with E-state index in [1.807, 2.05) is 30.3 Å². The van der Waals surface area contributed by atoms with E-state index in [4.69, 9.17) is 16.3 Å². The fourth-order valence-electron chi connectivity index (χ4n) is 4.12. The van der Waals surface area contributed by atoms with Crippen LogP contribution >= 0.6 is 11.6 Å². The lowest BCUT2D eigenvalue weighted by Gasteiger charge is -2.41. The van der Waals surface area contributed by atoms with Crippen molar-refractivity contribution in [3.8, 4) is 5.75 Å². The lowest BCUT2D eigenvalue weighted by molar-refractivity contribution is -0.116. The summed E-state index contributed by atoms with van der Waals surface area (Å²) in [7, 11) is 0. The van der Waals surface area contributed by atoms with Gasteiger partial charge in [0.1, 0.15) is 18.5 Å². The molecule has 0 saturated carbocycles. The van der Waals surface area contributed by atoms with Crippen LogP contribution in [0.4, 0.5) is 11.4 Å². The number of ether oxygens (including phenoxy) is 1. The number of carbonyl (C=O) groups is 1. The molecule has 2 heterocycles. The van der Waals surface area contributed by atoms with E-state index in [2.05, 4.69) is 34.2 Å². The standard InChI is InChI=1S/C23H28ClN3O3/c1-16-13-27(19-5-3-18(24)4-6-19)11-10-26(16)14-20(28)15-30-21-7-8-22-17(12-21)2-9-23(29)25-22/h3-8,12,16,20,28H,2,9-11,13-15H2,1H3,(H,25,29)/t16-,20-/m0/s1. The number of aryl methyl sites for hydroxylation is 1. The number of aliphatic hydroxyl groups is 1. The van der Waals surface area contributed by atoms with Gasteiger partial charge in [-0.3, -0.25) is 9.69 Å². The van der Waals surface area contributed by atoms with Crippen molar-refractivity contribution in [2.75, 3.05) is 43.0 Å². The molecule has 160 valence electrons. The molecule has 0 aromatic heterocycles. The van der Waals surface area contributed by atoms with Crippen molar-refractivity contribution in [3.63, 3.8) is 0 Å². The Morgan fingerprint density at radius 1 is 1.20 bits per heavy atom. The van der Waals surface area contributed by atoms with Gasteiger partial charge in [0.15, 0.2) is 0 Å². The van der Waals surface area contributed by atoms with E-state index >= 15 is 0 Å². The van der Waals surface area contributed by atoms with Gasteiger partial charge in [0.25, 0.3) is 0 Å². The number of hydrogen-bond donors (Lipinski definition) is 2. The molecule has 2 aromatic carbocycles. The maximum Gasteiger partial charge on any atom is 0.224 e. The zero-order valence-electron chi connectivity index (χ0n) is 17.2. The van der Waals surface area contributed by atoms with Crippen LogP contribution in [0, 0.1) is 0 Å². The zero-order valence-corrected chi connectivity index (χ0v) is 17.9. The molecule has 2 atom stereocenters. The van der Waals surface area contributed by atoms with Crippen LogP contribution in [0.25, 0.3) is 0 Å². The lowest BCUT2D eigenvalue weighted by atomic mass is 10.0. The number of anilines is 2. The number of carbonyl (C=O) groups excluding carboxylic acids is 1. The Morgan fingerprint density at radius 2 is 2.00 bits per heavy atom. The molecule has 1 saturated heterocycles. The maximum atomic E-state index is 11.5. The van der Waals surface area contributed by atoms with Crippen LogP contribution in [0.2, 0.25) is 5.02 Å². The van der Waals surface area contributed by atoms with Crippen molar-refractivity contribution in [2.45, 2.75) is 31.9 Å². The largest absolute Gasteiger partial charge is 0.491 e. The molecule has 7 heteroatoms. The van der Waals surface area contributed by atoms with Gasteiger partial charge in [0.2, 0.25) is 5.91 Å². The average Bonchev–Trinajstić information content (AvgIpc) is 2.74. The molecule has 6 nitrogen and oxygen atoms in total. The van der Waals surface area contributed by atoms with Gasteiger partial charge in [-0.1, -0.05) is 11.6 Å². The summed E-state index contributed by atoms with van der Waals surface area (Å²) in [6.45, 7) is 5.72. The fraction of sp³-hybridized carbons (Fsp3) is 0.435. The summed E-state index contributed by atoms with van der Waals surface area (Å²) in [6.07, 6.45) is 0.653. The molecule has 2 aromatic rings. The average molecular weight is 430 g/mol. The number of amides is 1. The highest BCUT2D eigenvalue weighted by molar-refractivity contribution is 6.30. The Hall–Kier alpha value is -2.28. The number of fused-ring (bicyclic) bond motifs is 1.